The Labute approximate surface area is 94.3 Å². The molecule has 1 saturated carbocycles. The SMILES string of the molecule is C/C=C/CCNC1(CN)CCCCCC1. The van der Waals surface area contributed by atoms with Gasteiger partial charge in [0.05, 0.1) is 0 Å². The molecule has 15 heavy (non-hydrogen) atoms. The number of nitrogens with two attached hydrogens (primary N) is 1. The maximum Gasteiger partial charge on any atom is 0.0304 e. The van der Waals surface area contributed by atoms with E-state index in [2.05, 4.69) is 24.4 Å². The first kappa shape index (κ1) is 12.7. The van der Waals surface area contributed by atoms with E-state index in [1.807, 2.05) is 0 Å². The molecule has 0 heterocycles. The largest absolute Gasteiger partial charge is 0.329 e. The summed E-state index contributed by atoms with van der Waals surface area (Å²) in [5.41, 5.74) is 6.19. The fourth-order valence-corrected chi connectivity index (χ4v) is 2.45. The highest BCUT2D eigenvalue weighted by atomic mass is 15.0. The van der Waals surface area contributed by atoms with Crippen LogP contribution in [0.25, 0.3) is 0 Å². The van der Waals surface area contributed by atoms with E-state index in [1.54, 1.807) is 0 Å². The van der Waals surface area contributed by atoms with Crippen molar-refractivity contribution in [3.8, 4) is 0 Å². The monoisotopic (exact) mass is 210 g/mol. The highest BCUT2D eigenvalue weighted by Crippen LogP contribution is 2.26. The molecule has 0 spiro atoms. The van der Waals surface area contributed by atoms with Crippen LogP contribution in [0.5, 0.6) is 0 Å². The van der Waals surface area contributed by atoms with Gasteiger partial charge in [-0.05, 0) is 32.7 Å². The van der Waals surface area contributed by atoms with Gasteiger partial charge < -0.3 is 11.1 Å². The molecule has 2 nitrogen and oxygen atoms in total. The molecule has 0 aromatic carbocycles. The molecule has 1 aliphatic rings. The van der Waals surface area contributed by atoms with Crippen molar-refractivity contribution in [1.29, 1.82) is 0 Å². The molecular weight excluding hydrogens is 184 g/mol. The lowest BCUT2D eigenvalue weighted by molar-refractivity contribution is 0.295. The summed E-state index contributed by atoms with van der Waals surface area (Å²) >= 11 is 0. The molecule has 0 aromatic rings. The van der Waals surface area contributed by atoms with Crippen LogP contribution in [-0.2, 0) is 0 Å². The fourth-order valence-electron chi connectivity index (χ4n) is 2.45. The van der Waals surface area contributed by atoms with Gasteiger partial charge in [0, 0.05) is 12.1 Å². The molecule has 3 N–H and O–H groups in total. The number of rotatable bonds is 5. The van der Waals surface area contributed by atoms with Crippen molar-refractivity contribution in [2.24, 2.45) is 5.73 Å². The third-order valence-corrected chi connectivity index (χ3v) is 3.50. The van der Waals surface area contributed by atoms with Gasteiger partial charge in [0.2, 0.25) is 0 Å². The predicted molar refractivity (Wildman–Crippen MR) is 66.9 cm³/mol. The van der Waals surface area contributed by atoms with E-state index in [0.29, 0.717) is 0 Å². The second kappa shape index (κ2) is 7.02. The minimum absolute atomic E-state index is 0.248. The molecular formula is C13H26N2. The van der Waals surface area contributed by atoms with Gasteiger partial charge in [-0.1, -0.05) is 37.8 Å². The quantitative estimate of drug-likeness (QED) is 0.416. The summed E-state index contributed by atoms with van der Waals surface area (Å²) in [5, 5.41) is 3.68. The van der Waals surface area contributed by atoms with E-state index in [0.717, 1.165) is 19.5 Å². The summed E-state index contributed by atoms with van der Waals surface area (Å²) in [6.07, 6.45) is 13.4. The molecule has 1 aliphatic carbocycles. The van der Waals surface area contributed by atoms with E-state index in [4.69, 9.17) is 5.73 Å². The van der Waals surface area contributed by atoms with Crippen molar-refractivity contribution in [2.45, 2.75) is 57.4 Å². The van der Waals surface area contributed by atoms with Gasteiger partial charge in [0.25, 0.3) is 0 Å². The summed E-state index contributed by atoms with van der Waals surface area (Å²) in [7, 11) is 0. The summed E-state index contributed by atoms with van der Waals surface area (Å²) < 4.78 is 0. The summed E-state index contributed by atoms with van der Waals surface area (Å²) in [6, 6.07) is 0. The standard InChI is InChI=1S/C13H26N2/c1-2-3-8-11-15-13(12-14)9-6-4-5-7-10-13/h2-3,15H,4-12,14H2,1H3/b3-2+. The first-order chi connectivity index (χ1) is 7.33. The Kier molecular flexibility index (Phi) is 5.96. The fraction of sp³-hybridized carbons (Fsp3) is 0.846. The normalized spacial score (nSPS) is 21.7. The van der Waals surface area contributed by atoms with Gasteiger partial charge in [-0.25, -0.2) is 0 Å². The lowest BCUT2D eigenvalue weighted by Crippen LogP contribution is -2.51. The summed E-state index contributed by atoms with van der Waals surface area (Å²) in [6.45, 7) is 3.94. The van der Waals surface area contributed by atoms with Crippen LogP contribution in [0.3, 0.4) is 0 Å². The first-order valence-electron chi connectivity index (χ1n) is 6.39. The third-order valence-electron chi connectivity index (χ3n) is 3.50. The highest BCUT2D eigenvalue weighted by molar-refractivity contribution is 4.91. The molecule has 0 saturated heterocycles. The maximum atomic E-state index is 5.94. The van der Waals surface area contributed by atoms with Crippen molar-refractivity contribution in [1.82, 2.24) is 5.32 Å². The van der Waals surface area contributed by atoms with E-state index >= 15 is 0 Å². The predicted octanol–water partition coefficient (Wildman–Crippen LogP) is 2.59. The van der Waals surface area contributed by atoms with Gasteiger partial charge in [-0.15, -0.1) is 0 Å². The van der Waals surface area contributed by atoms with Gasteiger partial charge in [-0.3, -0.25) is 0 Å². The molecule has 0 aromatic heterocycles. The lowest BCUT2D eigenvalue weighted by Gasteiger charge is -2.32. The van der Waals surface area contributed by atoms with Gasteiger partial charge in [0.1, 0.15) is 0 Å². The van der Waals surface area contributed by atoms with Crippen molar-refractivity contribution in [3.05, 3.63) is 12.2 Å². The zero-order chi connectivity index (χ0) is 11.0. The van der Waals surface area contributed by atoms with Crippen LogP contribution in [-0.4, -0.2) is 18.6 Å². The van der Waals surface area contributed by atoms with E-state index < -0.39 is 0 Å². The van der Waals surface area contributed by atoms with Gasteiger partial charge in [0.15, 0.2) is 0 Å². The van der Waals surface area contributed by atoms with Crippen molar-refractivity contribution >= 4 is 0 Å². The van der Waals surface area contributed by atoms with Crippen molar-refractivity contribution in [3.63, 3.8) is 0 Å². The van der Waals surface area contributed by atoms with Crippen molar-refractivity contribution in [2.75, 3.05) is 13.1 Å². The van der Waals surface area contributed by atoms with Crippen LogP contribution in [0.2, 0.25) is 0 Å². The first-order valence-corrected chi connectivity index (χ1v) is 6.39. The number of allylic oxidation sites excluding steroid dienone is 1. The van der Waals surface area contributed by atoms with Crippen LogP contribution in [0.15, 0.2) is 12.2 Å². The molecule has 0 amide bonds. The number of hydrogen-bond donors (Lipinski definition) is 2. The molecule has 0 unspecified atom stereocenters. The Hall–Kier alpha value is -0.340. The van der Waals surface area contributed by atoms with Crippen LogP contribution in [0, 0.1) is 0 Å². The number of hydrogen-bond acceptors (Lipinski definition) is 2. The average Bonchev–Trinajstić information content (AvgIpc) is 2.51. The van der Waals surface area contributed by atoms with E-state index in [-0.39, 0.29) is 5.54 Å². The topological polar surface area (TPSA) is 38.0 Å². The Morgan fingerprint density at radius 3 is 2.40 bits per heavy atom. The Morgan fingerprint density at radius 2 is 1.87 bits per heavy atom. The van der Waals surface area contributed by atoms with Gasteiger partial charge in [-0.2, -0.15) is 0 Å². The van der Waals surface area contributed by atoms with E-state index in [1.165, 1.54) is 38.5 Å². The van der Waals surface area contributed by atoms with E-state index in [9.17, 15) is 0 Å². The minimum Gasteiger partial charge on any atom is -0.329 e. The minimum atomic E-state index is 0.248. The van der Waals surface area contributed by atoms with Crippen LogP contribution in [0.4, 0.5) is 0 Å². The second-order valence-electron chi connectivity index (χ2n) is 4.68. The van der Waals surface area contributed by atoms with Crippen LogP contribution < -0.4 is 11.1 Å². The molecule has 0 atom stereocenters. The Balaban J connectivity index is 2.36. The number of nitrogens with one attached hydrogen (secondary N) is 1. The molecule has 1 rings (SSSR count). The van der Waals surface area contributed by atoms with Crippen LogP contribution >= 0.6 is 0 Å². The summed E-state index contributed by atoms with van der Waals surface area (Å²) in [4.78, 5) is 0. The molecule has 88 valence electrons. The molecule has 0 bridgehead atoms. The van der Waals surface area contributed by atoms with Gasteiger partial charge >= 0.3 is 0 Å². The molecule has 0 aliphatic heterocycles. The zero-order valence-corrected chi connectivity index (χ0v) is 10.1. The third kappa shape index (κ3) is 4.35. The summed E-state index contributed by atoms with van der Waals surface area (Å²) in [5.74, 6) is 0. The highest BCUT2D eigenvalue weighted by Gasteiger charge is 2.28. The zero-order valence-electron chi connectivity index (χ0n) is 10.1. The lowest BCUT2D eigenvalue weighted by atomic mass is 9.90. The van der Waals surface area contributed by atoms with Crippen molar-refractivity contribution < 1.29 is 0 Å². The molecule has 1 fully saturated rings. The maximum absolute atomic E-state index is 5.94. The smallest absolute Gasteiger partial charge is 0.0304 e. The average molecular weight is 210 g/mol. The Bertz CT molecular complexity index is 179. The molecule has 2 heteroatoms. The second-order valence-corrected chi connectivity index (χ2v) is 4.68. The van der Waals surface area contributed by atoms with Crippen LogP contribution in [0.1, 0.15) is 51.9 Å². The Morgan fingerprint density at radius 1 is 1.20 bits per heavy atom. The molecule has 0 radical (unpaired) electrons.